The molecule has 224 valence electrons. The maximum absolute atomic E-state index is 13.1. The van der Waals surface area contributed by atoms with E-state index in [0.29, 0.717) is 54.4 Å². The number of nitrogens with one attached hydrogen (secondary N) is 1. The normalized spacial score (nSPS) is 15.0. The van der Waals surface area contributed by atoms with E-state index in [2.05, 4.69) is 15.3 Å². The Labute approximate surface area is 254 Å². The summed E-state index contributed by atoms with van der Waals surface area (Å²) in [5, 5.41) is 2.94. The lowest BCUT2D eigenvalue weighted by Crippen LogP contribution is -2.42. The summed E-state index contributed by atoms with van der Waals surface area (Å²) in [7, 11) is 0. The van der Waals surface area contributed by atoms with Crippen LogP contribution in [-0.4, -0.2) is 51.7 Å². The molecule has 4 aromatic rings. The monoisotopic (exact) mass is 594 g/mol. The molecule has 0 bridgehead atoms. The molecule has 1 N–H and O–H groups in total. The number of rotatable bonds is 10. The Hall–Kier alpha value is -5.12. The highest BCUT2D eigenvalue weighted by Gasteiger charge is 2.30. The van der Waals surface area contributed by atoms with Crippen LogP contribution in [0.5, 0.6) is 17.4 Å². The number of carbonyl (C=O) groups is 3. The van der Waals surface area contributed by atoms with Gasteiger partial charge in [0.05, 0.1) is 0 Å². The van der Waals surface area contributed by atoms with Crippen molar-refractivity contribution < 1.29 is 28.2 Å². The van der Waals surface area contributed by atoms with Gasteiger partial charge >= 0.3 is 0 Å². The molecule has 1 aliphatic heterocycles. The van der Waals surface area contributed by atoms with E-state index in [1.54, 1.807) is 35.4 Å². The summed E-state index contributed by atoms with van der Waals surface area (Å²) in [6.45, 7) is 1.05. The van der Waals surface area contributed by atoms with Crippen LogP contribution in [0.15, 0.2) is 85.2 Å². The fourth-order valence-corrected chi connectivity index (χ4v) is 4.94. The molecule has 44 heavy (non-hydrogen) atoms. The van der Waals surface area contributed by atoms with Crippen molar-refractivity contribution in [3.63, 3.8) is 0 Å². The molecule has 9 nitrogen and oxygen atoms in total. The van der Waals surface area contributed by atoms with Gasteiger partial charge in [-0.1, -0.05) is 12.1 Å². The Kier molecular flexibility index (Phi) is 8.58. The highest BCUT2D eigenvalue weighted by molar-refractivity contribution is 5.98. The fraction of sp³-hybridized carbons (Fsp3) is 0.265. The largest absolute Gasteiger partial charge is 0.490 e. The molecule has 3 heterocycles. The lowest BCUT2D eigenvalue weighted by atomic mass is 10.0. The van der Waals surface area contributed by atoms with Crippen LogP contribution in [-0.2, 0) is 11.2 Å². The molecule has 2 aromatic carbocycles. The number of hydrogen-bond acceptors (Lipinski definition) is 7. The van der Waals surface area contributed by atoms with E-state index >= 15 is 0 Å². The smallest absolute Gasteiger partial charge is 0.272 e. The molecule has 0 unspecified atom stereocenters. The summed E-state index contributed by atoms with van der Waals surface area (Å²) in [5.74, 6) is 0.968. The van der Waals surface area contributed by atoms with Gasteiger partial charge in [0.15, 0.2) is 5.78 Å². The summed E-state index contributed by atoms with van der Waals surface area (Å²) in [6.07, 6.45) is 6.29. The van der Waals surface area contributed by atoms with Crippen LogP contribution in [0.25, 0.3) is 0 Å². The number of likely N-dealkylation sites (tertiary alicyclic amines) is 1. The summed E-state index contributed by atoms with van der Waals surface area (Å²) in [6, 6.07) is 19.6. The number of aromatic nitrogens is 2. The zero-order chi connectivity index (χ0) is 30.5. The SMILES string of the molecule is O=C(Cc1ccc(Oc2ccc(F)cc2)nc1)c1ccc(C(=O)N2CCC(Oc3cccc(NC(=O)C4CC4)c3)CC2)nc1. The highest BCUT2D eigenvalue weighted by atomic mass is 19.1. The van der Waals surface area contributed by atoms with E-state index in [-0.39, 0.29) is 47.6 Å². The molecule has 6 rings (SSSR count). The number of benzene rings is 2. The maximum Gasteiger partial charge on any atom is 0.272 e. The van der Waals surface area contributed by atoms with Gasteiger partial charge in [0.25, 0.3) is 5.91 Å². The Morgan fingerprint density at radius 2 is 1.66 bits per heavy atom. The lowest BCUT2D eigenvalue weighted by Gasteiger charge is -2.32. The highest BCUT2D eigenvalue weighted by Crippen LogP contribution is 2.31. The molecule has 10 heteroatoms. The van der Waals surface area contributed by atoms with Crippen molar-refractivity contribution in [3.8, 4) is 17.4 Å². The van der Waals surface area contributed by atoms with Gasteiger partial charge < -0.3 is 19.7 Å². The molecule has 2 amide bonds. The first-order valence-electron chi connectivity index (χ1n) is 14.6. The molecule has 0 atom stereocenters. The summed E-state index contributed by atoms with van der Waals surface area (Å²) < 4.78 is 24.8. The number of hydrogen-bond donors (Lipinski definition) is 1. The Morgan fingerprint density at radius 1 is 0.864 bits per heavy atom. The molecule has 1 saturated carbocycles. The first-order valence-corrected chi connectivity index (χ1v) is 14.6. The predicted octanol–water partition coefficient (Wildman–Crippen LogP) is 5.87. The number of nitrogens with zero attached hydrogens (tertiary/aromatic N) is 3. The first kappa shape index (κ1) is 29.0. The average Bonchev–Trinajstić information content (AvgIpc) is 3.90. The molecule has 0 spiro atoms. The number of piperidine rings is 1. The quantitative estimate of drug-likeness (QED) is 0.229. The number of pyridine rings is 2. The molecule has 2 aromatic heterocycles. The van der Waals surface area contributed by atoms with Gasteiger partial charge in [0, 0.05) is 74.0 Å². The van der Waals surface area contributed by atoms with Gasteiger partial charge in [-0.2, -0.15) is 0 Å². The molecular formula is C34H31FN4O5. The minimum atomic E-state index is -0.354. The number of anilines is 1. The Bertz CT molecular complexity index is 1630. The summed E-state index contributed by atoms with van der Waals surface area (Å²) >= 11 is 0. The molecule has 2 fully saturated rings. The van der Waals surface area contributed by atoms with Crippen LogP contribution in [0, 0.1) is 11.7 Å². The van der Waals surface area contributed by atoms with Crippen LogP contribution in [0.1, 0.15) is 52.1 Å². The Morgan fingerprint density at radius 3 is 2.34 bits per heavy atom. The molecule has 2 aliphatic rings. The molecular weight excluding hydrogens is 563 g/mol. The Balaban J connectivity index is 0.969. The topological polar surface area (TPSA) is 111 Å². The fourth-order valence-electron chi connectivity index (χ4n) is 4.94. The van der Waals surface area contributed by atoms with Crippen LogP contribution in [0.2, 0.25) is 0 Å². The third-order valence-electron chi connectivity index (χ3n) is 7.58. The average molecular weight is 595 g/mol. The van der Waals surface area contributed by atoms with Crippen molar-refractivity contribution in [1.29, 1.82) is 0 Å². The van der Waals surface area contributed by atoms with Crippen molar-refractivity contribution in [2.45, 2.75) is 38.2 Å². The second-order valence-electron chi connectivity index (χ2n) is 11.0. The minimum absolute atomic E-state index is 0.0422. The third-order valence-corrected chi connectivity index (χ3v) is 7.58. The number of ketones is 1. The number of halogens is 1. The van der Waals surface area contributed by atoms with Crippen molar-refractivity contribution >= 4 is 23.3 Å². The minimum Gasteiger partial charge on any atom is -0.490 e. The van der Waals surface area contributed by atoms with E-state index in [0.717, 1.165) is 18.5 Å². The molecule has 1 saturated heterocycles. The standard InChI is InChI=1S/C34H31FN4O5/c35-25-8-10-27(11-9-25)44-32-13-4-22(20-37-32)18-31(40)24-7-12-30(36-21-24)34(42)39-16-14-28(15-17-39)43-29-3-1-2-26(19-29)38-33(41)23-5-6-23/h1-4,7-13,19-21,23,28H,5-6,14-18H2,(H,38,41). The third kappa shape index (κ3) is 7.44. The van der Waals surface area contributed by atoms with Crippen molar-refractivity contribution in [2.75, 3.05) is 18.4 Å². The van der Waals surface area contributed by atoms with Gasteiger partial charge in [0.1, 0.15) is 29.1 Å². The maximum atomic E-state index is 13.1. The van der Waals surface area contributed by atoms with Crippen LogP contribution in [0.4, 0.5) is 10.1 Å². The number of Topliss-reactive ketones (excluding diaryl/α,β-unsaturated/α-hetero) is 1. The second kappa shape index (κ2) is 13.0. The number of ether oxygens (including phenoxy) is 2. The first-order chi connectivity index (χ1) is 21.4. The lowest BCUT2D eigenvalue weighted by molar-refractivity contribution is -0.117. The van der Waals surface area contributed by atoms with Gasteiger partial charge in [-0.25, -0.2) is 9.37 Å². The van der Waals surface area contributed by atoms with Crippen LogP contribution < -0.4 is 14.8 Å². The molecule has 1 aliphatic carbocycles. The second-order valence-corrected chi connectivity index (χ2v) is 11.0. The number of amides is 2. The zero-order valence-corrected chi connectivity index (χ0v) is 23.9. The molecule has 0 radical (unpaired) electrons. The summed E-state index contributed by atoms with van der Waals surface area (Å²) in [5.41, 5.74) is 2.10. The van der Waals surface area contributed by atoms with E-state index in [9.17, 15) is 18.8 Å². The van der Waals surface area contributed by atoms with Gasteiger partial charge in [0.2, 0.25) is 11.8 Å². The van der Waals surface area contributed by atoms with Gasteiger partial charge in [-0.05, 0) is 66.9 Å². The zero-order valence-electron chi connectivity index (χ0n) is 23.9. The van der Waals surface area contributed by atoms with Crippen LogP contribution in [0.3, 0.4) is 0 Å². The van der Waals surface area contributed by atoms with Crippen molar-refractivity contribution in [3.05, 3.63) is 108 Å². The van der Waals surface area contributed by atoms with Crippen LogP contribution >= 0.6 is 0 Å². The van der Waals surface area contributed by atoms with Crippen molar-refractivity contribution in [1.82, 2.24) is 14.9 Å². The van der Waals surface area contributed by atoms with Gasteiger partial charge in [-0.3, -0.25) is 19.4 Å². The van der Waals surface area contributed by atoms with E-state index < -0.39 is 0 Å². The van der Waals surface area contributed by atoms with E-state index in [1.807, 2.05) is 24.3 Å². The number of carbonyl (C=O) groups excluding carboxylic acids is 3. The van der Waals surface area contributed by atoms with E-state index in [1.165, 1.54) is 30.5 Å². The summed E-state index contributed by atoms with van der Waals surface area (Å²) in [4.78, 5) is 48.2. The predicted molar refractivity (Wildman–Crippen MR) is 160 cm³/mol. The van der Waals surface area contributed by atoms with Crippen molar-refractivity contribution in [2.24, 2.45) is 5.92 Å². The van der Waals surface area contributed by atoms with Gasteiger partial charge in [-0.15, -0.1) is 0 Å². The van der Waals surface area contributed by atoms with E-state index in [4.69, 9.17) is 9.47 Å².